The van der Waals surface area contributed by atoms with Crippen molar-refractivity contribution in [2.24, 2.45) is 0 Å². The van der Waals surface area contributed by atoms with Gasteiger partial charge >= 0.3 is 0 Å². The molecule has 0 aliphatic rings. The predicted molar refractivity (Wildman–Crippen MR) is 66.6 cm³/mol. The van der Waals surface area contributed by atoms with Crippen LogP contribution in [0, 0.1) is 0 Å². The molecule has 0 saturated heterocycles. The van der Waals surface area contributed by atoms with Crippen LogP contribution in [0.5, 0.6) is 0 Å². The predicted octanol–water partition coefficient (Wildman–Crippen LogP) is 2.83. The Balaban J connectivity index is 2.15. The molecule has 2 aromatic heterocycles. The fraction of sp³-hybridized carbons (Fsp3) is 0. The third kappa shape index (κ3) is 1.73. The molecule has 0 bridgehead atoms. The summed E-state index contributed by atoms with van der Waals surface area (Å²) in [5, 5.41) is 10.2. The van der Waals surface area contributed by atoms with Crippen LogP contribution in [-0.4, -0.2) is 20.9 Å². The molecule has 3 rings (SSSR count). The summed E-state index contributed by atoms with van der Waals surface area (Å²) >= 11 is 7.22. The summed E-state index contributed by atoms with van der Waals surface area (Å²) < 4.78 is 1.29. The fourth-order valence-electron chi connectivity index (χ4n) is 1.55. The number of nitrogens with zero attached hydrogens (tertiary/aromatic N) is 3. The third-order valence-electron chi connectivity index (χ3n) is 2.33. The van der Waals surface area contributed by atoms with E-state index in [-0.39, 0.29) is 5.91 Å². The van der Waals surface area contributed by atoms with E-state index in [0.29, 0.717) is 20.9 Å². The molecule has 84 valence electrons. The molecule has 0 radical (unpaired) electrons. The van der Waals surface area contributed by atoms with Crippen LogP contribution in [-0.2, 0) is 0 Å². The molecule has 0 fully saturated rings. The molecule has 0 amide bonds. The van der Waals surface area contributed by atoms with Crippen molar-refractivity contribution in [3.63, 3.8) is 0 Å². The second kappa shape index (κ2) is 3.94. The average Bonchev–Trinajstić information content (AvgIpc) is 2.96. The maximum atomic E-state index is 12.1. The van der Waals surface area contributed by atoms with Gasteiger partial charge in [0.15, 0.2) is 0 Å². The zero-order valence-corrected chi connectivity index (χ0v) is 10.1. The Morgan fingerprint density at radius 1 is 1.35 bits per heavy atom. The van der Waals surface area contributed by atoms with Crippen molar-refractivity contribution in [1.82, 2.24) is 15.0 Å². The highest BCUT2D eigenvalue weighted by Crippen LogP contribution is 2.19. The lowest BCUT2D eigenvalue weighted by molar-refractivity contribution is 0.0952. The van der Waals surface area contributed by atoms with Crippen LogP contribution in [0.15, 0.2) is 35.7 Å². The van der Waals surface area contributed by atoms with Gasteiger partial charge in [-0.3, -0.25) is 4.79 Å². The first kappa shape index (κ1) is 10.4. The Labute approximate surface area is 105 Å². The Bertz CT molecular complexity index is 690. The highest BCUT2D eigenvalue weighted by Gasteiger charge is 2.14. The van der Waals surface area contributed by atoms with Crippen LogP contribution in [0.2, 0.25) is 5.02 Å². The fourth-order valence-corrected chi connectivity index (χ4v) is 2.37. The highest BCUT2D eigenvalue weighted by molar-refractivity contribution is 7.12. The monoisotopic (exact) mass is 263 g/mol. The molecular weight excluding hydrogens is 258 g/mol. The Morgan fingerprint density at radius 2 is 2.24 bits per heavy atom. The summed E-state index contributed by atoms with van der Waals surface area (Å²) in [7, 11) is 0. The molecular formula is C11H6ClN3OS. The Hall–Kier alpha value is -1.72. The van der Waals surface area contributed by atoms with Gasteiger partial charge in [-0.25, -0.2) is 0 Å². The van der Waals surface area contributed by atoms with Gasteiger partial charge < -0.3 is 0 Å². The average molecular weight is 264 g/mol. The standard InChI is InChI=1S/C11H6ClN3OS/c12-7-3-4-9-8(6-7)13-14-15(9)11(16)10-2-1-5-17-10/h1-6H. The first-order valence-corrected chi connectivity index (χ1v) is 6.10. The van der Waals surface area contributed by atoms with Gasteiger partial charge in [-0.05, 0) is 29.6 Å². The van der Waals surface area contributed by atoms with E-state index in [1.807, 2.05) is 11.4 Å². The number of hydrogen-bond acceptors (Lipinski definition) is 4. The van der Waals surface area contributed by atoms with Gasteiger partial charge in [0, 0.05) is 5.02 Å². The lowest BCUT2D eigenvalue weighted by Gasteiger charge is -1.97. The quantitative estimate of drug-likeness (QED) is 0.678. The molecule has 0 spiro atoms. The van der Waals surface area contributed by atoms with Gasteiger partial charge in [0.1, 0.15) is 5.52 Å². The first-order valence-electron chi connectivity index (χ1n) is 4.85. The summed E-state index contributed by atoms with van der Waals surface area (Å²) in [6.07, 6.45) is 0. The van der Waals surface area contributed by atoms with Crippen LogP contribution in [0.3, 0.4) is 0 Å². The van der Waals surface area contributed by atoms with Gasteiger partial charge in [0.05, 0.1) is 10.4 Å². The zero-order chi connectivity index (χ0) is 11.8. The van der Waals surface area contributed by atoms with Crippen molar-refractivity contribution in [3.05, 3.63) is 45.6 Å². The van der Waals surface area contributed by atoms with Crippen LogP contribution in [0.1, 0.15) is 9.67 Å². The van der Waals surface area contributed by atoms with Crippen molar-refractivity contribution in [1.29, 1.82) is 0 Å². The minimum absolute atomic E-state index is 0.176. The molecule has 4 nitrogen and oxygen atoms in total. The normalized spacial score (nSPS) is 10.9. The van der Waals surface area contributed by atoms with E-state index in [2.05, 4.69) is 10.3 Å². The van der Waals surface area contributed by atoms with Crippen LogP contribution < -0.4 is 0 Å². The Morgan fingerprint density at radius 3 is 3.00 bits per heavy atom. The Kier molecular flexibility index (Phi) is 2.42. The van der Waals surface area contributed by atoms with Gasteiger partial charge in [-0.15, -0.1) is 16.4 Å². The molecule has 0 atom stereocenters. The topological polar surface area (TPSA) is 47.8 Å². The number of carbonyl (C=O) groups excluding carboxylic acids is 1. The first-order chi connectivity index (χ1) is 8.25. The molecule has 0 aliphatic carbocycles. The number of carbonyl (C=O) groups is 1. The molecule has 1 aromatic carbocycles. The van der Waals surface area contributed by atoms with Crippen molar-refractivity contribution in [2.75, 3.05) is 0 Å². The van der Waals surface area contributed by atoms with E-state index in [9.17, 15) is 4.79 Å². The van der Waals surface area contributed by atoms with E-state index in [4.69, 9.17) is 11.6 Å². The van der Waals surface area contributed by atoms with E-state index < -0.39 is 0 Å². The molecule has 0 unspecified atom stereocenters. The van der Waals surface area contributed by atoms with Gasteiger partial charge in [0.25, 0.3) is 5.91 Å². The van der Waals surface area contributed by atoms with Gasteiger partial charge in [-0.1, -0.05) is 22.9 Å². The molecule has 3 aromatic rings. The molecule has 0 N–H and O–H groups in total. The number of halogens is 1. The van der Waals surface area contributed by atoms with Crippen LogP contribution in [0.25, 0.3) is 11.0 Å². The molecule has 6 heteroatoms. The van der Waals surface area contributed by atoms with E-state index in [1.54, 1.807) is 24.3 Å². The zero-order valence-electron chi connectivity index (χ0n) is 8.50. The maximum Gasteiger partial charge on any atom is 0.290 e. The smallest absolute Gasteiger partial charge is 0.266 e. The van der Waals surface area contributed by atoms with E-state index >= 15 is 0 Å². The molecule has 17 heavy (non-hydrogen) atoms. The number of fused-ring (bicyclic) bond motifs is 1. The van der Waals surface area contributed by atoms with Crippen LogP contribution in [0.4, 0.5) is 0 Å². The number of aromatic nitrogens is 3. The summed E-state index contributed by atoms with van der Waals surface area (Å²) in [4.78, 5) is 12.7. The summed E-state index contributed by atoms with van der Waals surface area (Å²) in [6, 6.07) is 8.72. The largest absolute Gasteiger partial charge is 0.290 e. The number of hydrogen-bond donors (Lipinski definition) is 0. The maximum absolute atomic E-state index is 12.1. The molecule has 2 heterocycles. The van der Waals surface area contributed by atoms with Gasteiger partial charge in [0.2, 0.25) is 0 Å². The lowest BCUT2D eigenvalue weighted by atomic mass is 10.3. The number of rotatable bonds is 1. The highest BCUT2D eigenvalue weighted by atomic mass is 35.5. The molecule has 0 aliphatic heterocycles. The third-order valence-corrected chi connectivity index (χ3v) is 3.42. The van der Waals surface area contributed by atoms with Crippen molar-refractivity contribution >= 4 is 39.9 Å². The van der Waals surface area contributed by atoms with Crippen molar-refractivity contribution < 1.29 is 4.79 Å². The number of benzene rings is 1. The minimum atomic E-state index is -0.176. The summed E-state index contributed by atoms with van der Waals surface area (Å²) in [5.74, 6) is -0.176. The van der Waals surface area contributed by atoms with Crippen molar-refractivity contribution in [2.45, 2.75) is 0 Å². The molecule has 0 saturated carbocycles. The van der Waals surface area contributed by atoms with Gasteiger partial charge in [-0.2, -0.15) is 4.68 Å². The van der Waals surface area contributed by atoms with E-state index in [0.717, 1.165) is 0 Å². The van der Waals surface area contributed by atoms with E-state index in [1.165, 1.54) is 16.0 Å². The van der Waals surface area contributed by atoms with Crippen molar-refractivity contribution in [3.8, 4) is 0 Å². The summed E-state index contributed by atoms with van der Waals surface area (Å²) in [5.41, 5.74) is 1.27. The second-order valence-electron chi connectivity index (χ2n) is 3.42. The number of thiophene rings is 1. The summed E-state index contributed by atoms with van der Waals surface area (Å²) in [6.45, 7) is 0. The lowest BCUT2D eigenvalue weighted by Crippen LogP contribution is -2.11. The van der Waals surface area contributed by atoms with Crippen LogP contribution >= 0.6 is 22.9 Å². The SMILES string of the molecule is O=C(c1cccs1)n1nnc2cc(Cl)ccc21. The second-order valence-corrected chi connectivity index (χ2v) is 4.80. The minimum Gasteiger partial charge on any atom is -0.266 e.